The standard InChI is InChI=1S/C25H28N4O2/c1-16-10-17(2)22-7-9-29(15-21(22)11-16)25(31)19-4-3-8-28(14-19)24(30)18-5-6-23-20(12-18)13-26-27-23/h5-6,10-13,19H,3-4,7-9,14-15H2,1-2H3,(H,26,27). The van der Waals surface area contributed by atoms with Crippen molar-refractivity contribution in [3.63, 3.8) is 0 Å². The lowest BCUT2D eigenvalue weighted by Gasteiger charge is -2.37. The van der Waals surface area contributed by atoms with Gasteiger partial charge in [0.2, 0.25) is 5.91 Å². The van der Waals surface area contributed by atoms with Gasteiger partial charge in [-0.15, -0.1) is 0 Å². The highest BCUT2D eigenvalue weighted by Crippen LogP contribution is 2.27. The zero-order valence-corrected chi connectivity index (χ0v) is 18.1. The van der Waals surface area contributed by atoms with Crippen LogP contribution in [0.4, 0.5) is 0 Å². The van der Waals surface area contributed by atoms with E-state index in [0.717, 1.165) is 36.7 Å². The predicted molar refractivity (Wildman–Crippen MR) is 120 cm³/mol. The highest BCUT2D eigenvalue weighted by molar-refractivity contribution is 5.98. The summed E-state index contributed by atoms with van der Waals surface area (Å²) in [5.74, 6) is 0.0613. The molecule has 1 atom stereocenters. The van der Waals surface area contributed by atoms with Crippen LogP contribution in [0.2, 0.25) is 0 Å². The molecule has 160 valence electrons. The van der Waals surface area contributed by atoms with Gasteiger partial charge in [0, 0.05) is 37.1 Å². The molecular weight excluding hydrogens is 388 g/mol. The number of carbonyl (C=O) groups excluding carboxylic acids is 2. The summed E-state index contributed by atoms with van der Waals surface area (Å²) in [6.45, 7) is 6.91. The van der Waals surface area contributed by atoms with Gasteiger partial charge in [-0.2, -0.15) is 5.10 Å². The van der Waals surface area contributed by atoms with Gasteiger partial charge < -0.3 is 9.80 Å². The second kappa shape index (κ2) is 7.84. The monoisotopic (exact) mass is 416 g/mol. The van der Waals surface area contributed by atoms with E-state index in [1.54, 1.807) is 6.20 Å². The van der Waals surface area contributed by atoms with E-state index in [0.29, 0.717) is 25.2 Å². The number of benzene rings is 2. The first kappa shape index (κ1) is 19.8. The van der Waals surface area contributed by atoms with Gasteiger partial charge in [0.1, 0.15) is 0 Å². The van der Waals surface area contributed by atoms with Crippen LogP contribution in [0.1, 0.15) is 45.5 Å². The molecule has 0 spiro atoms. The third-order valence-corrected chi connectivity index (χ3v) is 6.76. The fourth-order valence-corrected chi connectivity index (χ4v) is 5.18. The van der Waals surface area contributed by atoms with E-state index in [9.17, 15) is 9.59 Å². The number of hydrogen-bond acceptors (Lipinski definition) is 3. The molecule has 1 N–H and O–H groups in total. The maximum atomic E-state index is 13.4. The first-order chi connectivity index (χ1) is 15.0. The fourth-order valence-electron chi connectivity index (χ4n) is 5.18. The molecule has 2 aliphatic rings. The van der Waals surface area contributed by atoms with Crippen molar-refractivity contribution in [2.45, 2.75) is 39.7 Å². The normalized spacial score (nSPS) is 18.8. The molecule has 31 heavy (non-hydrogen) atoms. The van der Waals surface area contributed by atoms with Gasteiger partial charge in [-0.25, -0.2) is 0 Å². The number of rotatable bonds is 2. The summed E-state index contributed by atoms with van der Waals surface area (Å²) in [5.41, 5.74) is 6.80. The Morgan fingerprint density at radius 3 is 2.84 bits per heavy atom. The third kappa shape index (κ3) is 3.71. The number of likely N-dealkylation sites (tertiary alicyclic amines) is 1. The van der Waals surface area contributed by atoms with Gasteiger partial charge in [-0.3, -0.25) is 14.7 Å². The Labute approximate surface area is 182 Å². The number of aromatic nitrogens is 2. The maximum absolute atomic E-state index is 13.4. The Hall–Kier alpha value is -3.15. The van der Waals surface area contributed by atoms with E-state index in [2.05, 4.69) is 36.2 Å². The smallest absolute Gasteiger partial charge is 0.253 e. The minimum atomic E-state index is -0.122. The van der Waals surface area contributed by atoms with Crippen LogP contribution in [0.3, 0.4) is 0 Å². The van der Waals surface area contributed by atoms with Crippen molar-refractivity contribution >= 4 is 22.7 Å². The summed E-state index contributed by atoms with van der Waals surface area (Å²) in [4.78, 5) is 30.3. The number of hydrogen-bond donors (Lipinski definition) is 1. The van der Waals surface area contributed by atoms with Crippen LogP contribution in [0, 0.1) is 19.8 Å². The number of carbonyl (C=O) groups is 2. The second-order valence-corrected chi connectivity index (χ2v) is 8.99. The topological polar surface area (TPSA) is 69.3 Å². The SMILES string of the molecule is Cc1cc(C)c2c(c1)CN(C(=O)C1CCCN(C(=O)c3ccc4[nH]ncc4c3)C1)CC2. The van der Waals surface area contributed by atoms with Crippen molar-refractivity contribution in [1.29, 1.82) is 0 Å². The summed E-state index contributed by atoms with van der Waals surface area (Å²) >= 11 is 0. The molecule has 3 aromatic rings. The predicted octanol–water partition coefficient (Wildman–Crippen LogP) is 3.62. The molecule has 0 aliphatic carbocycles. The molecule has 6 nitrogen and oxygen atoms in total. The Morgan fingerprint density at radius 1 is 1.10 bits per heavy atom. The molecule has 1 fully saturated rings. The number of nitrogens with one attached hydrogen (secondary N) is 1. The number of aryl methyl sites for hydroxylation is 2. The van der Waals surface area contributed by atoms with Crippen LogP contribution >= 0.6 is 0 Å². The molecule has 2 aromatic carbocycles. The molecule has 6 heteroatoms. The third-order valence-electron chi connectivity index (χ3n) is 6.76. The largest absolute Gasteiger partial charge is 0.338 e. The molecule has 1 aromatic heterocycles. The Bertz CT molecular complexity index is 1170. The van der Waals surface area contributed by atoms with E-state index in [4.69, 9.17) is 0 Å². The summed E-state index contributed by atoms with van der Waals surface area (Å²) in [5, 5.41) is 7.86. The van der Waals surface area contributed by atoms with Crippen LogP contribution in [-0.4, -0.2) is 51.4 Å². The summed E-state index contributed by atoms with van der Waals surface area (Å²) in [6, 6.07) is 10.0. The minimum absolute atomic E-state index is 0.00385. The quantitative estimate of drug-likeness (QED) is 0.694. The van der Waals surface area contributed by atoms with E-state index in [1.165, 1.54) is 22.3 Å². The van der Waals surface area contributed by atoms with Gasteiger partial charge in [0.25, 0.3) is 5.91 Å². The summed E-state index contributed by atoms with van der Waals surface area (Å²) in [6.07, 6.45) is 4.35. The number of nitrogens with zero attached hydrogens (tertiary/aromatic N) is 3. The lowest BCUT2D eigenvalue weighted by Crippen LogP contribution is -2.47. The molecular formula is C25H28N4O2. The molecule has 5 rings (SSSR count). The van der Waals surface area contributed by atoms with Gasteiger partial charge in [-0.1, -0.05) is 17.7 Å². The lowest BCUT2D eigenvalue weighted by molar-refractivity contribution is -0.137. The minimum Gasteiger partial charge on any atom is -0.338 e. The van der Waals surface area contributed by atoms with Crippen LogP contribution in [0.15, 0.2) is 36.5 Å². The molecule has 0 radical (unpaired) electrons. The Balaban J connectivity index is 1.29. The number of H-pyrrole nitrogens is 1. The van der Waals surface area contributed by atoms with Crippen LogP contribution in [0.5, 0.6) is 0 Å². The van der Waals surface area contributed by atoms with E-state index < -0.39 is 0 Å². The maximum Gasteiger partial charge on any atom is 0.253 e. The van der Waals surface area contributed by atoms with Crippen LogP contribution in [-0.2, 0) is 17.8 Å². The first-order valence-electron chi connectivity index (χ1n) is 11.1. The van der Waals surface area contributed by atoms with Crippen molar-refractivity contribution in [2.75, 3.05) is 19.6 Å². The average Bonchev–Trinajstić information content (AvgIpc) is 3.25. The zero-order chi connectivity index (χ0) is 21.5. The zero-order valence-electron chi connectivity index (χ0n) is 18.1. The van der Waals surface area contributed by atoms with E-state index in [1.807, 2.05) is 28.0 Å². The highest BCUT2D eigenvalue weighted by Gasteiger charge is 2.33. The molecule has 1 saturated heterocycles. The molecule has 0 bridgehead atoms. The number of aromatic amines is 1. The molecule has 0 saturated carbocycles. The fraction of sp³-hybridized carbons (Fsp3) is 0.400. The Morgan fingerprint density at radius 2 is 1.97 bits per heavy atom. The second-order valence-electron chi connectivity index (χ2n) is 8.99. The van der Waals surface area contributed by atoms with Gasteiger partial charge in [0.15, 0.2) is 0 Å². The van der Waals surface area contributed by atoms with Crippen molar-refractivity contribution in [1.82, 2.24) is 20.0 Å². The van der Waals surface area contributed by atoms with Gasteiger partial charge in [-0.05, 0) is 68.0 Å². The van der Waals surface area contributed by atoms with Crippen molar-refractivity contribution in [2.24, 2.45) is 5.92 Å². The lowest BCUT2D eigenvalue weighted by atomic mass is 9.91. The average molecular weight is 417 g/mol. The van der Waals surface area contributed by atoms with Crippen LogP contribution < -0.4 is 0 Å². The molecule has 2 amide bonds. The number of piperidine rings is 1. The van der Waals surface area contributed by atoms with Gasteiger partial charge in [0.05, 0.1) is 17.6 Å². The Kier molecular flexibility index (Phi) is 5.00. The van der Waals surface area contributed by atoms with E-state index in [-0.39, 0.29) is 17.7 Å². The number of fused-ring (bicyclic) bond motifs is 2. The van der Waals surface area contributed by atoms with Crippen molar-refractivity contribution in [3.8, 4) is 0 Å². The highest BCUT2D eigenvalue weighted by atomic mass is 16.2. The summed E-state index contributed by atoms with van der Waals surface area (Å²) in [7, 11) is 0. The van der Waals surface area contributed by atoms with Crippen molar-refractivity contribution < 1.29 is 9.59 Å². The molecule has 2 aliphatic heterocycles. The van der Waals surface area contributed by atoms with Gasteiger partial charge >= 0.3 is 0 Å². The number of amides is 2. The molecule has 3 heterocycles. The first-order valence-corrected chi connectivity index (χ1v) is 11.1. The summed E-state index contributed by atoms with van der Waals surface area (Å²) < 4.78 is 0. The molecule has 1 unspecified atom stereocenters. The van der Waals surface area contributed by atoms with Crippen LogP contribution in [0.25, 0.3) is 10.9 Å². The van der Waals surface area contributed by atoms with Crippen molar-refractivity contribution in [3.05, 3.63) is 64.3 Å². The van der Waals surface area contributed by atoms with E-state index >= 15 is 0 Å².